The van der Waals surface area contributed by atoms with E-state index in [4.69, 9.17) is 16.7 Å². The van der Waals surface area contributed by atoms with Gasteiger partial charge in [-0.15, -0.1) is 0 Å². The van der Waals surface area contributed by atoms with Crippen LogP contribution in [0.15, 0.2) is 24.3 Å². The molecule has 0 aromatic heterocycles. The molecule has 0 heterocycles. The summed E-state index contributed by atoms with van der Waals surface area (Å²) >= 11 is 5.72. The highest BCUT2D eigenvalue weighted by atomic mass is 35.5. The molecule has 0 saturated heterocycles. The van der Waals surface area contributed by atoms with E-state index in [1.807, 2.05) is 0 Å². The van der Waals surface area contributed by atoms with Crippen LogP contribution in [0.25, 0.3) is 0 Å². The highest BCUT2D eigenvalue weighted by Crippen LogP contribution is 2.17. The quantitative estimate of drug-likeness (QED) is 0.785. The largest absolute Gasteiger partial charge is 0.479 e. The number of amides is 1. The van der Waals surface area contributed by atoms with Crippen molar-refractivity contribution in [1.29, 1.82) is 0 Å². The number of aliphatic carboxylic acids is 1. The lowest BCUT2D eigenvalue weighted by atomic mass is 10.1. The Kier molecular flexibility index (Phi) is 6.17. The minimum atomic E-state index is -3.13. The number of carbonyl (C=O) groups excluding carboxylic acids is 1. The molecule has 0 fully saturated rings. The molecule has 1 atom stereocenters. The molecule has 8 heteroatoms. The van der Waals surface area contributed by atoms with Gasteiger partial charge in [0.1, 0.15) is 9.84 Å². The van der Waals surface area contributed by atoms with Gasteiger partial charge in [0.05, 0.1) is 5.75 Å². The number of carboxylic acids is 1. The van der Waals surface area contributed by atoms with E-state index >= 15 is 0 Å². The number of benzene rings is 1. The van der Waals surface area contributed by atoms with Crippen LogP contribution < -0.4 is 5.32 Å². The number of halogens is 1. The summed E-state index contributed by atoms with van der Waals surface area (Å²) < 4.78 is 21.9. The molecule has 0 spiro atoms. The predicted molar refractivity (Wildman–Crippen MR) is 78.9 cm³/mol. The summed E-state index contributed by atoms with van der Waals surface area (Å²) in [5.74, 6) is -1.83. The third kappa shape index (κ3) is 6.59. The summed E-state index contributed by atoms with van der Waals surface area (Å²) in [7, 11) is -3.13. The van der Waals surface area contributed by atoms with Gasteiger partial charge >= 0.3 is 5.97 Å². The maximum atomic E-state index is 11.7. The van der Waals surface area contributed by atoms with E-state index < -0.39 is 27.8 Å². The Morgan fingerprint density at radius 1 is 1.29 bits per heavy atom. The molecule has 0 aliphatic heterocycles. The zero-order valence-electron chi connectivity index (χ0n) is 11.4. The summed E-state index contributed by atoms with van der Waals surface area (Å²) in [5.41, 5.74) is 0.392. The van der Waals surface area contributed by atoms with E-state index in [2.05, 4.69) is 5.32 Å². The van der Waals surface area contributed by atoms with Crippen molar-refractivity contribution in [2.75, 3.05) is 12.0 Å². The average molecular weight is 334 g/mol. The van der Waals surface area contributed by atoms with Gasteiger partial charge in [0.25, 0.3) is 0 Å². The Hall–Kier alpha value is -1.60. The Morgan fingerprint density at radius 2 is 1.86 bits per heavy atom. The zero-order valence-corrected chi connectivity index (χ0v) is 12.9. The third-order valence-electron chi connectivity index (χ3n) is 2.67. The highest BCUT2D eigenvalue weighted by molar-refractivity contribution is 7.90. The summed E-state index contributed by atoms with van der Waals surface area (Å²) in [6.45, 7) is 0. The first kappa shape index (κ1) is 17.5. The molecule has 6 nitrogen and oxygen atoms in total. The molecule has 2 N–H and O–H groups in total. The molecule has 21 heavy (non-hydrogen) atoms. The lowest BCUT2D eigenvalue weighted by Crippen LogP contribution is -2.33. The highest BCUT2D eigenvalue weighted by Gasteiger charge is 2.21. The molecule has 0 bridgehead atoms. The molecule has 0 aliphatic carbocycles. The maximum absolute atomic E-state index is 11.7. The van der Waals surface area contributed by atoms with Crippen LogP contribution in [0.5, 0.6) is 0 Å². The molecule has 0 aliphatic rings. The fraction of sp³-hybridized carbons (Fsp3) is 0.385. The zero-order chi connectivity index (χ0) is 16.0. The smallest absolute Gasteiger partial charge is 0.330 e. The average Bonchev–Trinajstić information content (AvgIpc) is 2.35. The van der Waals surface area contributed by atoms with Crippen molar-refractivity contribution in [3.05, 3.63) is 34.9 Å². The Bertz CT molecular complexity index is 612. The Morgan fingerprint density at radius 3 is 2.33 bits per heavy atom. The second-order valence-corrected chi connectivity index (χ2v) is 7.32. The lowest BCUT2D eigenvalue weighted by Gasteiger charge is -2.15. The van der Waals surface area contributed by atoms with E-state index in [0.717, 1.165) is 6.26 Å². The Balaban J connectivity index is 2.65. The normalized spacial score (nSPS) is 12.7. The fourth-order valence-electron chi connectivity index (χ4n) is 1.67. The van der Waals surface area contributed by atoms with Gasteiger partial charge in [-0.25, -0.2) is 13.2 Å². The molecular formula is C13H16ClNO5S. The number of hydrogen-bond donors (Lipinski definition) is 2. The molecule has 1 unspecified atom stereocenters. The van der Waals surface area contributed by atoms with E-state index in [9.17, 15) is 18.0 Å². The molecule has 1 amide bonds. The second-order valence-electron chi connectivity index (χ2n) is 4.62. The predicted octanol–water partition coefficient (Wildman–Crippen LogP) is 1.41. The second kappa shape index (κ2) is 7.42. The fourth-order valence-corrected chi connectivity index (χ4v) is 2.47. The maximum Gasteiger partial charge on any atom is 0.330 e. The van der Waals surface area contributed by atoms with Gasteiger partial charge in [-0.2, -0.15) is 0 Å². The van der Waals surface area contributed by atoms with Crippen molar-refractivity contribution in [1.82, 2.24) is 5.32 Å². The van der Waals surface area contributed by atoms with Gasteiger partial charge in [0.2, 0.25) is 5.91 Å². The van der Waals surface area contributed by atoms with Crippen LogP contribution in [0.1, 0.15) is 24.4 Å². The summed E-state index contributed by atoms with van der Waals surface area (Å²) in [6.07, 6.45) is 1.18. The van der Waals surface area contributed by atoms with E-state index in [-0.39, 0.29) is 18.6 Å². The Labute approximate surface area is 128 Å². The first-order chi connectivity index (χ1) is 9.69. The van der Waals surface area contributed by atoms with Crippen LogP contribution in [0.3, 0.4) is 0 Å². The van der Waals surface area contributed by atoms with Gasteiger partial charge in [-0.3, -0.25) is 4.79 Å². The van der Waals surface area contributed by atoms with Crippen molar-refractivity contribution in [3.63, 3.8) is 0 Å². The van der Waals surface area contributed by atoms with Crippen LogP contribution in [0.4, 0.5) is 0 Å². The van der Waals surface area contributed by atoms with Gasteiger partial charge in [0, 0.05) is 17.7 Å². The van der Waals surface area contributed by atoms with E-state index in [0.29, 0.717) is 10.6 Å². The topological polar surface area (TPSA) is 101 Å². The summed E-state index contributed by atoms with van der Waals surface area (Å²) in [6, 6.07) is 4.90. The van der Waals surface area contributed by atoms with E-state index in [1.165, 1.54) is 24.3 Å². The standard InChI is InChI=1S/C13H16ClNO5S/c1-21(19,20)8-2-3-11(16)15-12(13(17)18)9-4-6-10(14)7-5-9/h4-7,12H,2-3,8H2,1H3,(H,15,16)(H,17,18). The SMILES string of the molecule is CS(=O)(=O)CCCC(=O)NC(C(=O)O)c1ccc(Cl)cc1. The summed E-state index contributed by atoms with van der Waals surface area (Å²) in [5, 5.41) is 12.0. The van der Waals surface area contributed by atoms with Gasteiger partial charge in [-0.1, -0.05) is 23.7 Å². The minimum absolute atomic E-state index is 0.0512. The molecule has 0 saturated carbocycles. The van der Waals surface area contributed by atoms with Crippen molar-refractivity contribution in [2.24, 2.45) is 0 Å². The van der Waals surface area contributed by atoms with Crippen LogP contribution >= 0.6 is 11.6 Å². The molecule has 1 aromatic rings. The van der Waals surface area contributed by atoms with Crippen molar-refractivity contribution in [3.8, 4) is 0 Å². The van der Waals surface area contributed by atoms with Gasteiger partial charge in [0.15, 0.2) is 6.04 Å². The van der Waals surface area contributed by atoms with Crippen LogP contribution in [-0.4, -0.2) is 37.4 Å². The molecule has 1 aromatic carbocycles. The van der Waals surface area contributed by atoms with Crippen molar-refractivity contribution >= 4 is 33.3 Å². The third-order valence-corrected chi connectivity index (χ3v) is 3.96. The minimum Gasteiger partial charge on any atom is -0.479 e. The molecule has 1 rings (SSSR count). The summed E-state index contributed by atoms with van der Waals surface area (Å²) in [4.78, 5) is 22.9. The van der Waals surface area contributed by atoms with E-state index in [1.54, 1.807) is 0 Å². The lowest BCUT2D eigenvalue weighted by molar-refractivity contribution is -0.142. The molecular weight excluding hydrogens is 318 g/mol. The monoisotopic (exact) mass is 333 g/mol. The molecule has 0 radical (unpaired) electrons. The van der Waals surface area contributed by atoms with Crippen LogP contribution in [0.2, 0.25) is 5.02 Å². The van der Waals surface area contributed by atoms with Crippen LogP contribution in [-0.2, 0) is 19.4 Å². The van der Waals surface area contributed by atoms with Gasteiger partial charge in [-0.05, 0) is 24.1 Å². The number of sulfone groups is 1. The number of carboxylic acid groups (broad SMARTS) is 1. The van der Waals surface area contributed by atoms with Gasteiger partial charge < -0.3 is 10.4 Å². The first-order valence-electron chi connectivity index (χ1n) is 6.14. The number of nitrogens with one attached hydrogen (secondary N) is 1. The number of carbonyl (C=O) groups is 2. The first-order valence-corrected chi connectivity index (χ1v) is 8.58. The number of rotatable bonds is 7. The number of hydrogen-bond acceptors (Lipinski definition) is 4. The van der Waals surface area contributed by atoms with Crippen molar-refractivity contribution in [2.45, 2.75) is 18.9 Å². The molecule has 116 valence electrons. The van der Waals surface area contributed by atoms with Crippen molar-refractivity contribution < 1.29 is 23.1 Å². The van der Waals surface area contributed by atoms with Crippen LogP contribution in [0, 0.1) is 0 Å².